The standard InChI is InChI=1S/C12H18N2S.ClH/c1-4-13-12-2-5-14(8-11(1)12)7-10-3-6-15-9-10;/h3,6,9,11-13H,1-2,4-5,7-8H2;1H. The maximum atomic E-state index is 3.61. The first-order valence-electron chi connectivity index (χ1n) is 5.88. The molecule has 16 heavy (non-hydrogen) atoms. The molecule has 3 rings (SSSR count). The summed E-state index contributed by atoms with van der Waals surface area (Å²) >= 11 is 1.81. The molecule has 1 aromatic heterocycles. The molecule has 0 spiro atoms. The summed E-state index contributed by atoms with van der Waals surface area (Å²) in [5, 5.41) is 8.07. The van der Waals surface area contributed by atoms with E-state index in [9.17, 15) is 0 Å². The summed E-state index contributed by atoms with van der Waals surface area (Å²) in [5.74, 6) is 0.914. The Morgan fingerprint density at radius 2 is 2.38 bits per heavy atom. The molecule has 0 amide bonds. The van der Waals surface area contributed by atoms with Gasteiger partial charge in [-0.25, -0.2) is 0 Å². The largest absolute Gasteiger partial charge is 0.314 e. The molecule has 1 aromatic rings. The van der Waals surface area contributed by atoms with Gasteiger partial charge in [-0.2, -0.15) is 11.3 Å². The fourth-order valence-corrected chi connectivity index (χ4v) is 3.57. The van der Waals surface area contributed by atoms with Crippen LogP contribution in [0.3, 0.4) is 0 Å². The van der Waals surface area contributed by atoms with Gasteiger partial charge < -0.3 is 5.32 Å². The Bertz CT molecular complexity index is 315. The molecule has 0 aliphatic carbocycles. The first-order valence-corrected chi connectivity index (χ1v) is 6.83. The predicted molar refractivity (Wildman–Crippen MR) is 71.4 cm³/mol. The highest BCUT2D eigenvalue weighted by Crippen LogP contribution is 2.25. The molecule has 0 aromatic carbocycles. The molecular formula is C12H19ClN2S. The van der Waals surface area contributed by atoms with Gasteiger partial charge in [0.05, 0.1) is 0 Å². The number of thiophene rings is 1. The molecule has 1 N–H and O–H groups in total. The summed E-state index contributed by atoms with van der Waals surface area (Å²) in [6, 6.07) is 3.08. The van der Waals surface area contributed by atoms with E-state index in [0.717, 1.165) is 18.5 Å². The smallest absolute Gasteiger partial charge is 0.0242 e. The molecule has 2 unspecified atom stereocenters. The molecule has 2 aliphatic heterocycles. The Labute approximate surface area is 107 Å². The minimum Gasteiger partial charge on any atom is -0.314 e. The molecule has 90 valence electrons. The van der Waals surface area contributed by atoms with Gasteiger partial charge in [-0.15, -0.1) is 12.4 Å². The molecule has 2 saturated heterocycles. The average molecular weight is 259 g/mol. The molecule has 2 fully saturated rings. The number of nitrogens with one attached hydrogen (secondary N) is 1. The third kappa shape index (κ3) is 2.59. The zero-order valence-electron chi connectivity index (χ0n) is 9.39. The molecule has 2 atom stereocenters. The van der Waals surface area contributed by atoms with Gasteiger partial charge in [0, 0.05) is 19.1 Å². The van der Waals surface area contributed by atoms with Crippen molar-refractivity contribution >= 4 is 23.7 Å². The topological polar surface area (TPSA) is 15.3 Å². The number of piperidine rings is 1. The number of nitrogens with zero attached hydrogens (tertiary/aromatic N) is 1. The second-order valence-electron chi connectivity index (χ2n) is 4.76. The maximum absolute atomic E-state index is 3.61. The highest BCUT2D eigenvalue weighted by Gasteiger charge is 2.32. The van der Waals surface area contributed by atoms with Crippen LogP contribution in [0.25, 0.3) is 0 Å². The molecular weight excluding hydrogens is 240 g/mol. The van der Waals surface area contributed by atoms with Crippen molar-refractivity contribution in [3.05, 3.63) is 22.4 Å². The van der Waals surface area contributed by atoms with Crippen molar-refractivity contribution in [3.63, 3.8) is 0 Å². The normalized spacial score (nSPS) is 29.8. The Kier molecular flexibility index (Phi) is 4.25. The van der Waals surface area contributed by atoms with E-state index < -0.39 is 0 Å². The molecule has 0 bridgehead atoms. The van der Waals surface area contributed by atoms with Crippen LogP contribution in [0.1, 0.15) is 18.4 Å². The lowest BCUT2D eigenvalue weighted by atomic mass is 9.93. The van der Waals surface area contributed by atoms with Gasteiger partial charge in [0.25, 0.3) is 0 Å². The molecule has 3 heterocycles. The van der Waals surface area contributed by atoms with E-state index in [4.69, 9.17) is 0 Å². The Morgan fingerprint density at radius 1 is 1.44 bits per heavy atom. The Hall–Kier alpha value is -0.0900. The van der Waals surface area contributed by atoms with Gasteiger partial charge in [0.15, 0.2) is 0 Å². The summed E-state index contributed by atoms with van der Waals surface area (Å²) in [4.78, 5) is 2.62. The minimum absolute atomic E-state index is 0. The van der Waals surface area contributed by atoms with Crippen molar-refractivity contribution in [1.82, 2.24) is 10.2 Å². The predicted octanol–water partition coefficient (Wildman–Crippen LogP) is 2.35. The summed E-state index contributed by atoms with van der Waals surface area (Å²) in [5.41, 5.74) is 1.49. The van der Waals surface area contributed by atoms with Crippen LogP contribution in [0, 0.1) is 5.92 Å². The maximum Gasteiger partial charge on any atom is 0.0242 e. The van der Waals surface area contributed by atoms with Crippen molar-refractivity contribution in [2.45, 2.75) is 25.4 Å². The van der Waals surface area contributed by atoms with Gasteiger partial charge >= 0.3 is 0 Å². The van der Waals surface area contributed by atoms with Crippen LogP contribution in [-0.4, -0.2) is 30.6 Å². The average Bonchev–Trinajstić information content (AvgIpc) is 2.87. The first kappa shape index (κ1) is 12.4. The number of halogens is 1. The van der Waals surface area contributed by atoms with Crippen LogP contribution in [0.4, 0.5) is 0 Å². The quantitative estimate of drug-likeness (QED) is 0.876. The molecule has 2 nitrogen and oxygen atoms in total. The first-order chi connectivity index (χ1) is 7.42. The SMILES string of the molecule is Cl.c1cc(CN2CCC3NCCC3C2)cs1. The van der Waals surface area contributed by atoms with Crippen LogP contribution in [0.2, 0.25) is 0 Å². The fourth-order valence-electron chi connectivity index (χ4n) is 2.91. The number of likely N-dealkylation sites (tertiary alicyclic amines) is 1. The number of hydrogen-bond donors (Lipinski definition) is 1. The highest BCUT2D eigenvalue weighted by atomic mass is 35.5. The van der Waals surface area contributed by atoms with Crippen molar-refractivity contribution in [1.29, 1.82) is 0 Å². The number of fused-ring (bicyclic) bond motifs is 1. The molecule has 4 heteroatoms. The monoisotopic (exact) mass is 258 g/mol. The van der Waals surface area contributed by atoms with Crippen molar-refractivity contribution < 1.29 is 0 Å². The van der Waals surface area contributed by atoms with E-state index in [1.807, 2.05) is 11.3 Å². The highest BCUT2D eigenvalue weighted by molar-refractivity contribution is 7.07. The van der Waals surface area contributed by atoms with Crippen molar-refractivity contribution in [3.8, 4) is 0 Å². The number of rotatable bonds is 2. The summed E-state index contributed by atoms with van der Waals surface area (Å²) < 4.78 is 0. The molecule has 0 radical (unpaired) electrons. The van der Waals surface area contributed by atoms with Gasteiger partial charge in [-0.1, -0.05) is 0 Å². The second-order valence-corrected chi connectivity index (χ2v) is 5.54. The van der Waals surface area contributed by atoms with Crippen molar-refractivity contribution in [2.24, 2.45) is 5.92 Å². The van der Waals surface area contributed by atoms with E-state index >= 15 is 0 Å². The second kappa shape index (κ2) is 5.50. The van der Waals surface area contributed by atoms with Crippen LogP contribution < -0.4 is 5.32 Å². The van der Waals surface area contributed by atoms with Crippen molar-refractivity contribution in [2.75, 3.05) is 19.6 Å². The van der Waals surface area contributed by atoms with E-state index in [0.29, 0.717) is 0 Å². The van der Waals surface area contributed by atoms with Gasteiger partial charge in [0.1, 0.15) is 0 Å². The Balaban J connectivity index is 0.000000963. The zero-order chi connectivity index (χ0) is 10.1. The van der Waals surface area contributed by atoms with Crippen LogP contribution in [-0.2, 0) is 6.54 Å². The lowest BCUT2D eigenvalue weighted by Gasteiger charge is -2.34. The lowest BCUT2D eigenvalue weighted by Crippen LogP contribution is -2.43. The number of hydrogen-bond acceptors (Lipinski definition) is 3. The van der Waals surface area contributed by atoms with Crippen LogP contribution >= 0.6 is 23.7 Å². The molecule has 2 aliphatic rings. The van der Waals surface area contributed by atoms with E-state index in [2.05, 4.69) is 27.0 Å². The van der Waals surface area contributed by atoms with E-state index in [1.165, 1.54) is 38.0 Å². The van der Waals surface area contributed by atoms with E-state index in [-0.39, 0.29) is 12.4 Å². The Morgan fingerprint density at radius 3 is 3.19 bits per heavy atom. The molecule has 0 saturated carbocycles. The van der Waals surface area contributed by atoms with Crippen LogP contribution in [0.5, 0.6) is 0 Å². The van der Waals surface area contributed by atoms with Gasteiger partial charge in [0.2, 0.25) is 0 Å². The fraction of sp³-hybridized carbons (Fsp3) is 0.667. The third-order valence-electron chi connectivity index (χ3n) is 3.73. The van der Waals surface area contributed by atoms with Gasteiger partial charge in [-0.05, 0) is 54.2 Å². The zero-order valence-corrected chi connectivity index (χ0v) is 11.0. The summed E-state index contributed by atoms with van der Waals surface area (Å²) in [6.07, 6.45) is 2.72. The lowest BCUT2D eigenvalue weighted by molar-refractivity contribution is 0.156. The summed E-state index contributed by atoms with van der Waals surface area (Å²) in [6.45, 7) is 4.96. The van der Waals surface area contributed by atoms with Gasteiger partial charge in [-0.3, -0.25) is 4.90 Å². The van der Waals surface area contributed by atoms with Crippen LogP contribution in [0.15, 0.2) is 16.8 Å². The summed E-state index contributed by atoms with van der Waals surface area (Å²) in [7, 11) is 0. The third-order valence-corrected chi connectivity index (χ3v) is 4.46. The van der Waals surface area contributed by atoms with E-state index in [1.54, 1.807) is 0 Å². The minimum atomic E-state index is 0.